The Bertz CT molecular complexity index is 705. The van der Waals surface area contributed by atoms with Crippen molar-refractivity contribution >= 4 is 21.7 Å². The first-order valence-electron chi connectivity index (χ1n) is 7.61. The summed E-state index contributed by atoms with van der Waals surface area (Å²) in [6.07, 6.45) is 3.93. The Kier molecular flexibility index (Phi) is 4.34. The molecule has 1 N–H and O–H groups in total. The molecular weight excluding hydrogens is 318 g/mol. The van der Waals surface area contributed by atoms with E-state index in [0.29, 0.717) is 19.5 Å². The molecule has 8 heteroatoms. The number of nitrogens with one attached hydrogen (secondary N) is 1. The zero-order chi connectivity index (χ0) is 16.4. The van der Waals surface area contributed by atoms with E-state index in [4.69, 9.17) is 0 Å². The van der Waals surface area contributed by atoms with E-state index < -0.39 is 15.8 Å². The first kappa shape index (κ1) is 15.9. The number of carbonyl (C=O) groups is 2. The molecule has 3 rings (SSSR count). The van der Waals surface area contributed by atoms with E-state index >= 15 is 0 Å². The third kappa shape index (κ3) is 3.69. The molecule has 2 aliphatic heterocycles. The van der Waals surface area contributed by atoms with Crippen LogP contribution in [0.5, 0.6) is 0 Å². The molecule has 2 amide bonds. The van der Waals surface area contributed by atoms with Gasteiger partial charge in [-0.2, -0.15) is 0 Å². The second-order valence-corrected chi connectivity index (χ2v) is 8.31. The van der Waals surface area contributed by atoms with Gasteiger partial charge in [-0.25, -0.2) is 8.42 Å². The molecule has 2 fully saturated rings. The Morgan fingerprint density at radius 3 is 2.74 bits per heavy atom. The van der Waals surface area contributed by atoms with Crippen LogP contribution in [0.25, 0.3) is 0 Å². The number of hydrogen-bond donors (Lipinski definition) is 1. The van der Waals surface area contributed by atoms with Crippen molar-refractivity contribution in [2.75, 3.05) is 18.1 Å². The van der Waals surface area contributed by atoms with Crippen LogP contribution in [0.4, 0.5) is 0 Å². The Labute approximate surface area is 135 Å². The molecule has 2 saturated heterocycles. The predicted octanol–water partition coefficient (Wildman–Crippen LogP) is -0.267. The van der Waals surface area contributed by atoms with E-state index in [-0.39, 0.29) is 35.8 Å². The summed E-state index contributed by atoms with van der Waals surface area (Å²) in [5, 5.41) is 2.82. The standard InChI is InChI=1S/C15H19N3O4S/c19-14-7-12(9-18(14)13-3-6-23(21,22)10-13)15(20)17-8-11-1-4-16-5-2-11/h1-2,4-5,12-13H,3,6-10H2,(H,17,20). The van der Waals surface area contributed by atoms with Crippen LogP contribution in [-0.2, 0) is 26.0 Å². The second-order valence-electron chi connectivity index (χ2n) is 6.08. The number of amides is 2. The summed E-state index contributed by atoms with van der Waals surface area (Å²) >= 11 is 0. The van der Waals surface area contributed by atoms with Gasteiger partial charge in [-0.15, -0.1) is 0 Å². The number of nitrogens with zero attached hydrogens (tertiary/aromatic N) is 2. The second kappa shape index (κ2) is 6.27. The van der Waals surface area contributed by atoms with E-state index in [1.54, 1.807) is 17.3 Å². The average Bonchev–Trinajstić information content (AvgIpc) is 3.08. The van der Waals surface area contributed by atoms with Crippen molar-refractivity contribution < 1.29 is 18.0 Å². The summed E-state index contributed by atoms with van der Waals surface area (Å²) in [6, 6.07) is 3.36. The molecule has 23 heavy (non-hydrogen) atoms. The molecule has 0 saturated carbocycles. The number of carbonyl (C=O) groups excluding carboxylic acids is 2. The Balaban J connectivity index is 1.56. The molecule has 1 aromatic heterocycles. The molecule has 124 valence electrons. The van der Waals surface area contributed by atoms with Crippen LogP contribution in [0.3, 0.4) is 0 Å². The van der Waals surface area contributed by atoms with Crippen LogP contribution < -0.4 is 5.32 Å². The highest BCUT2D eigenvalue weighted by Crippen LogP contribution is 2.26. The zero-order valence-electron chi connectivity index (χ0n) is 12.6. The van der Waals surface area contributed by atoms with Crippen molar-refractivity contribution in [3.63, 3.8) is 0 Å². The van der Waals surface area contributed by atoms with Crippen LogP contribution in [0, 0.1) is 5.92 Å². The van der Waals surface area contributed by atoms with Crippen LogP contribution in [0.1, 0.15) is 18.4 Å². The Hall–Kier alpha value is -1.96. The molecule has 2 aliphatic rings. The minimum Gasteiger partial charge on any atom is -0.352 e. The van der Waals surface area contributed by atoms with Crippen LogP contribution >= 0.6 is 0 Å². The maximum atomic E-state index is 12.2. The first-order chi connectivity index (χ1) is 10.9. The highest BCUT2D eigenvalue weighted by atomic mass is 32.2. The Morgan fingerprint density at radius 2 is 2.09 bits per heavy atom. The lowest BCUT2D eigenvalue weighted by Crippen LogP contribution is -2.39. The van der Waals surface area contributed by atoms with Gasteiger partial charge < -0.3 is 10.2 Å². The molecule has 0 spiro atoms. The van der Waals surface area contributed by atoms with E-state index in [1.165, 1.54) is 0 Å². The molecular formula is C15H19N3O4S. The maximum absolute atomic E-state index is 12.2. The number of likely N-dealkylation sites (tertiary alicyclic amines) is 1. The fourth-order valence-electron chi connectivity index (χ4n) is 3.12. The number of hydrogen-bond acceptors (Lipinski definition) is 5. The third-order valence-corrected chi connectivity index (χ3v) is 6.14. The lowest BCUT2D eigenvalue weighted by Gasteiger charge is -2.22. The van der Waals surface area contributed by atoms with Gasteiger partial charge in [0, 0.05) is 37.9 Å². The lowest BCUT2D eigenvalue weighted by atomic mass is 10.1. The number of pyridine rings is 1. The Morgan fingerprint density at radius 1 is 1.35 bits per heavy atom. The summed E-state index contributed by atoms with van der Waals surface area (Å²) in [5.74, 6) is -0.563. The minimum absolute atomic E-state index is 0.0180. The molecule has 2 atom stereocenters. The van der Waals surface area contributed by atoms with Crippen LogP contribution in [-0.4, -0.2) is 54.2 Å². The van der Waals surface area contributed by atoms with E-state index in [0.717, 1.165) is 5.56 Å². The highest BCUT2D eigenvalue weighted by Gasteiger charge is 2.41. The van der Waals surface area contributed by atoms with Gasteiger partial charge in [0.05, 0.1) is 17.4 Å². The summed E-state index contributed by atoms with van der Waals surface area (Å²) in [7, 11) is -3.04. The van der Waals surface area contributed by atoms with E-state index in [2.05, 4.69) is 10.3 Å². The summed E-state index contributed by atoms with van der Waals surface area (Å²) in [6.45, 7) is 0.699. The molecule has 2 unspecified atom stereocenters. The quantitative estimate of drug-likeness (QED) is 0.816. The maximum Gasteiger partial charge on any atom is 0.225 e. The van der Waals surface area contributed by atoms with Gasteiger partial charge in [0.2, 0.25) is 11.8 Å². The molecule has 1 aromatic rings. The molecule has 0 radical (unpaired) electrons. The van der Waals surface area contributed by atoms with E-state index in [1.807, 2.05) is 12.1 Å². The van der Waals surface area contributed by atoms with Gasteiger partial charge in [-0.3, -0.25) is 14.6 Å². The lowest BCUT2D eigenvalue weighted by molar-refractivity contribution is -0.130. The van der Waals surface area contributed by atoms with Gasteiger partial charge in [0.25, 0.3) is 0 Å². The minimum atomic E-state index is -3.04. The number of rotatable bonds is 4. The van der Waals surface area contributed by atoms with Crippen LogP contribution in [0.15, 0.2) is 24.5 Å². The van der Waals surface area contributed by atoms with Crippen molar-refractivity contribution in [2.24, 2.45) is 5.92 Å². The van der Waals surface area contributed by atoms with Crippen molar-refractivity contribution in [2.45, 2.75) is 25.4 Å². The van der Waals surface area contributed by atoms with Crippen molar-refractivity contribution in [1.82, 2.24) is 15.2 Å². The monoisotopic (exact) mass is 337 g/mol. The first-order valence-corrected chi connectivity index (χ1v) is 9.43. The fraction of sp³-hybridized carbons (Fsp3) is 0.533. The molecule has 3 heterocycles. The van der Waals surface area contributed by atoms with Gasteiger partial charge in [0.1, 0.15) is 0 Å². The molecule has 0 aliphatic carbocycles. The summed E-state index contributed by atoms with van der Waals surface area (Å²) in [4.78, 5) is 29.8. The van der Waals surface area contributed by atoms with Crippen molar-refractivity contribution in [3.05, 3.63) is 30.1 Å². The highest BCUT2D eigenvalue weighted by molar-refractivity contribution is 7.91. The summed E-state index contributed by atoms with van der Waals surface area (Å²) < 4.78 is 23.1. The molecule has 0 aromatic carbocycles. The third-order valence-electron chi connectivity index (χ3n) is 4.39. The predicted molar refractivity (Wildman–Crippen MR) is 83.0 cm³/mol. The largest absolute Gasteiger partial charge is 0.352 e. The smallest absolute Gasteiger partial charge is 0.225 e. The van der Waals surface area contributed by atoms with Gasteiger partial charge in [-0.05, 0) is 24.1 Å². The normalized spacial score (nSPS) is 26.4. The SMILES string of the molecule is O=C(NCc1ccncc1)C1CC(=O)N(C2CCS(=O)(=O)C2)C1. The van der Waals surface area contributed by atoms with Crippen molar-refractivity contribution in [1.29, 1.82) is 0 Å². The molecule has 0 bridgehead atoms. The fourth-order valence-corrected chi connectivity index (χ4v) is 4.85. The van der Waals surface area contributed by atoms with Gasteiger partial charge in [-0.1, -0.05) is 0 Å². The number of sulfone groups is 1. The zero-order valence-corrected chi connectivity index (χ0v) is 13.5. The van der Waals surface area contributed by atoms with E-state index in [9.17, 15) is 18.0 Å². The van der Waals surface area contributed by atoms with Gasteiger partial charge >= 0.3 is 0 Å². The summed E-state index contributed by atoms with van der Waals surface area (Å²) in [5.41, 5.74) is 0.941. The molecule has 7 nitrogen and oxygen atoms in total. The van der Waals surface area contributed by atoms with Gasteiger partial charge in [0.15, 0.2) is 9.84 Å². The topological polar surface area (TPSA) is 96.4 Å². The van der Waals surface area contributed by atoms with Crippen LogP contribution in [0.2, 0.25) is 0 Å². The number of aromatic nitrogens is 1. The van der Waals surface area contributed by atoms with Crippen molar-refractivity contribution in [3.8, 4) is 0 Å². The average molecular weight is 337 g/mol.